The van der Waals surface area contributed by atoms with E-state index in [-0.39, 0.29) is 0 Å². The molecule has 4 nitrogen and oxygen atoms in total. The molecule has 0 aliphatic heterocycles. The average Bonchev–Trinajstić information content (AvgIpc) is 3.14. The van der Waals surface area contributed by atoms with Crippen LogP contribution in [0.25, 0.3) is 34.1 Å². The molecule has 4 heteroatoms. The van der Waals surface area contributed by atoms with E-state index in [9.17, 15) is 0 Å². The summed E-state index contributed by atoms with van der Waals surface area (Å²) >= 11 is 0. The van der Waals surface area contributed by atoms with Crippen LogP contribution in [0.1, 0.15) is 0 Å². The van der Waals surface area contributed by atoms with Crippen LogP contribution in [-0.2, 0) is 0 Å². The summed E-state index contributed by atoms with van der Waals surface area (Å²) in [6.07, 6.45) is 1.72. The van der Waals surface area contributed by atoms with Gasteiger partial charge in [0, 0.05) is 5.56 Å². The van der Waals surface area contributed by atoms with Gasteiger partial charge in [0.1, 0.15) is 0 Å². The molecule has 0 bridgehead atoms. The van der Waals surface area contributed by atoms with Crippen LogP contribution >= 0.6 is 0 Å². The molecule has 0 radical (unpaired) electrons. The average molecular weight is 261 g/mol. The lowest BCUT2D eigenvalue weighted by Crippen LogP contribution is -1.78. The molecule has 0 unspecified atom stereocenters. The molecule has 2 aromatic carbocycles. The third kappa shape index (κ3) is 1.78. The molecule has 20 heavy (non-hydrogen) atoms. The quantitative estimate of drug-likeness (QED) is 0.595. The molecular weight excluding hydrogens is 250 g/mol. The minimum absolute atomic E-state index is 0.500. The van der Waals surface area contributed by atoms with Gasteiger partial charge in [0.2, 0.25) is 0 Å². The lowest BCUT2D eigenvalue weighted by molar-refractivity contribution is 0.584. The van der Waals surface area contributed by atoms with Crippen LogP contribution in [0, 0.1) is 0 Å². The summed E-state index contributed by atoms with van der Waals surface area (Å²) in [5, 5.41) is 0. The van der Waals surface area contributed by atoms with Gasteiger partial charge in [0.25, 0.3) is 5.89 Å². The summed E-state index contributed by atoms with van der Waals surface area (Å²) in [5.41, 5.74) is 2.88. The van der Waals surface area contributed by atoms with E-state index >= 15 is 0 Å². The van der Waals surface area contributed by atoms with Gasteiger partial charge in [-0.2, -0.15) is 0 Å². The second-order valence-electron chi connectivity index (χ2n) is 4.50. The number of aromatic nitrogens is 3. The van der Waals surface area contributed by atoms with E-state index in [0.29, 0.717) is 11.7 Å². The molecule has 0 saturated heterocycles. The van der Waals surface area contributed by atoms with E-state index in [2.05, 4.69) is 15.0 Å². The highest BCUT2D eigenvalue weighted by Gasteiger charge is 2.12. The summed E-state index contributed by atoms with van der Waals surface area (Å²) < 4.78 is 5.78. The highest BCUT2D eigenvalue weighted by Crippen LogP contribution is 2.25. The summed E-state index contributed by atoms with van der Waals surface area (Å²) in [6, 6.07) is 17.7. The number of hydrogen-bond acceptors (Lipinski definition) is 3. The van der Waals surface area contributed by atoms with Gasteiger partial charge in [-0.05, 0) is 12.1 Å². The number of hydrogen-bond donors (Lipinski definition) is 1. The maximum absolute atomic E-state index is 5.78. The molecule has 0 aliphatic rings. The maximum atomic E-state index is 5.78. The molecule has 2 heterocycles. The number of benzene rings is 2. The minimum atomic E-state index is 0.500. The standard InChI is InChI=1S/C16H11N3O/c1-2-6-11(7-3-1)14-10-17-16(20-14)15-18-12-8-4-5-9-13(12)19-15/h1-10H,(H,18,19). The first-order chi connectivity index (χ1) is 9.90. The molecule has 0 atom stereocenters. The Hall–Kier alpha value is -2.88. The minimum Gasteiger partial charge on any atom is -0.434 e. The largest absolute Gasteiger partial charge is 0.434 e. The predicted molar refractivity (Wildman–Crippen MR) is 77.0 cm³/mol. The highest BCUT2D eigenvalue weighted by atomic mass is 16.4. The molecule has 4 rings (SSSR count). The number of nitrogens with zero attached hydrogens (tertiary/aromatic N) is 2. The fraction of sp³-hybridized carbons (Fsp3) is 0. The molecule has 0 spiro atoms. The maximum Gasteiger partial charge on any atom is 0.263 e. The van der Waals surface area contributed by atoms with Gasteiger partial charge >= 0.3 is 0 Å². The first-order valence-electron chi connectivity index (χ1n) is 6.36. The van der Waals surface area contributed by atoms with Crippen molar-refractivity contribution in [3.63, 3.8) is 0 Å². The lowest BCUT2D eigenvalue weighted by Gasteiger charge is -1.93. The van der Waals surface area contributed by atoms with Crippen molar-refractivity contribution < 1.29 is 4.42 Å². The molecule has 0 aliphatic carbocycles. The first-order valence-corrected chi connectivity index (χ1v) is 6.36. The number of H-pyrrole nitrogens is 1. The predicted octanol–water partition coefficient (Wildman–Crippen LogP) is 3.88. The Balaban J connectivity index is 1.78. The third-order valence-corrected chi connectivity index (χ3v) is 3.16. The van der Waals surface area contributed by atoms with E-state index in [0.717, 1.165) is 22.4 Å². The zero-order valence-corrected chi connectivity index (χ0v) is 10.6. The summed E-state index contributed by atoms with van der Waals surface area (Å²) in [7, 11) is 0. The molecule has 0 amide bonds. The smallest absolute Gasteiger partial charge is 0.263 e. The second-order valence-corrected chi connectivity index (χ2v) is 4.50. The molecule has 0 saturated carbocycles. The van der Waals surface area contributed by atoms with Crippen molar-refractivity contribution in [2.45, 2.75) is 0 Å². The number of rotatable bonds is 2. The van der Waals surface area contributed by atoms with Gasteiger partial charge in [0.05, 0.1) is 17.2 Å². The Labute approximate surface area is 115 Å². The molecule has 1 N–H and O–H groups in total. The molecule has 2 aromatic heterocycles. The van der Waals surface area contributed by atoms with Crippen LogP contribution in [0.2, 0.25) is 0 Å². The van der Waals surface area contributed by atoms with E-state index in [1.165, 1.54) is 0 Å². The van der Waals surface area contributed by atoms with Gasteiger partial charge < -0.3 is 9.40 Å². The van der Waals surface area contributed by atoms with E-state index in [1.807, 2.05) is 54.6 Å². The number of para-hydroxylation sites is 2. The van der Waals surface area contributed by atoms with E-state index < -0.39 is 0 Å². The SMILES string of the molecule is c1ccc(-c2cnc(-c3nc4ccccc4[nH]3)o2)cc1. The number of imidazole rings is 1. The molecule has 96 valence electrons. The van der Waals surface area contributed by atoms with Gasteiger partial charge in [-0.3, -0.25) is 0 Å². The Morgan fingerprint density at radius 2 is 1.70 bits per heavy atom. The molecule has 4 aromatic rings. The lowest BCUT2D eigenvalue weighted by atomic mass is 10.2. The molecule has 0 fully saturated rings. The summed E-state index contributed by atoms with van der Waals surface area (Å²) in [5.74, 6) is 1.88. The zero-order valence-electron chi connectivity index (χ0n) is 10.6. The van der Waals surface area contributed by atoms with Crippen LogP contribution in [0.15, 0.2) is 65.2 Å². The van der Waals surface area contributed by atoms with E-state index in [4.69, 9.17) is 4.42 Å². The number of fused-ring (bicyclic) bond motifs is 1. The van der Waals surface area contributed by atoms with Crippen LogP contribution < -0.4 is 0 Å². The normalized spacial score (nSPS) is 11.0. The Morgan fingerprint density at radius 3 is 2.55 bits per heavy atom. The fourth-order valence-electron chi connectivity index (χ4n) is 2.17. The van der Waals surface area contributed by atoms with Crippen molar-refractivity contribution in [3.05, 3.63) is 60.8 Å². The molecular formula is C16H11N3O. The Bertz CT molecular complexity index is 828. The Kier molecular flexibility index (Phi) is 2.39. The van der Waals surface area contributed by atoms with Gasteiger partial charge in [0.15, 0.2) is 11.6 Å². The van der Waals surface area contributed by atoms with Crippen LogP contribution in [0.3, 0.4) is 0 Å². The Morgan fingerprint density at radius 1 is 0.900 bits per heavy atom. The monoisotopic (exact) mass is 261 g/mol. The summed E-state index contributed by atoms with van der Waals surface area (Å²) in [6.45, 7) is 0. The number of oxazole rings is 1. The zero-order chi connectivity index (χ0) is 13.4. The van der Waals surface area contributed by atoms with Gasteiger partial charge in [-0.25, -0.2) is 9.97 Å². The van der Waals surface area contributed by atoms with E-state index in [1.54, 1.807) is 6.20 Å². The van der Waals surface area contributed by atoms with Crippen molar-refractivity contribution in [1.29, 1.82) is 0 Å². The number of nitrogens with one attached hydrogen (secondary N) is 1. The summed E-state index contributed by atoms with van der Waals surface area (Å²) in [4.78, 5) is 12.0. The van der Waals surface area contributed by atoms with Crippen molar-refractivity contribution in [2.24, 2.45) is 0 Å². The number of aromatic amines is 1. The topological polar surface area (TPSA) is 54.7 Å². The van der Waals surface area contributed by atoms with Crippen LogP contribution in [0.4, 0.5) is 0 Å². The second kappa shape index (κ2) is 4.35. The van der Waals surface area contributed by atoms with Crippen molar-refractivity contribution in [1.82, 2.24) is 15.0 Å². The first kappa shape index (κ1) is 11.0. The highest BCUT2D eigenvalue weighted by molar-refractivity contribution is 5.78. The van der Waals surface area contributed by atoms with Gasteiger partial charge in [-0.15, -0.1) is 0 Å². The van der Waals surface area contributed by atoms with Crippen molar-refractivity contribution in [3.8, 4) is 23.0 Å². The van der Waals surface area contributed by atoms with Gasteiger partial charge in [-0.1, -0.05) is 42.5 Å². The van der Waals surface area contributed by atoms with Crippen molar-refractivity contribution in [2.75, 3.05) is 0 Å². The third-order valence-electron chi connectivity index (χ3n) is 3.16. The van der Waals surface area contributed by atoms with Crippen LogP contribution in [0.5, 0.6) is 0 Å². The van der Waals surface area contributed by atoms with Crippen LogP contribution in [-0.4, -0.2) is 15.0 Å². The fourth-order valence-corrected chi connectivity index (χ4v) is 2.17. The van der Waals surface area contributed by atoms with Crippen molar-refractivity contribution >= 4 is 11.0 Å².